The van der Waals surface area contributed by atoms with Crippen molar-refractivity contribution in [1.82, 2.24) is 4.98 Å². The molecule has 1 aromatic heterocycles. The van der Waals surface area contributed by atoms with Crippen LogP contribution in [0, 0.1) is 6.92 Å². The van der Waals surface area contributed by atoms with Gasteiger partial charge in [0.15, 0.2) is 0 Å². The summed E-state index contributed by atoms with van der Waals surface area (Å²) < 4.78 is 5.16. The smallest absolute Gasteiger partial charge is 0.0637 e. The minimum absolute atomic E-state index is 0.414. The van der Waals surface area contributed by atoms with Crippen LogP contribution in [0.4, 0.5) is 5.69 Å². The van der Waals surface area contributed by atoms with E-state index in [1.165, 1.54) is 5.69 Å². The molecule has 0 aliphatic heterocycles. The molecule has 0 aliphatic carbocycles. The first kappa shape index (κ1) is 13.9. The highest BCUT2D eigenvalue weighted by Crippen LogP contribution is 2.22. The lowest BCUT2D eigenvalue weighted by Crippen LogP contribution is -2.35. The van der Waals surface area contributed by atoms with Gasteiger partial charge in [-0.05, 0) is 26.8 Å². The lowest BCUT2D eigenvalue weighted by Gasteiger charge is -2.30. The SMILES string of the molecule is COCCN(c1cc(C)ncc1CN)C(C)C. The van der Waals surface area contributed by atoms with Gasteiger partial charge < -0.3 is 15.4 Å². The van der Waals surface area contributed by atoms with Crippen LogP contribution in [-0.4, -0.2) is 31.3 Å². The second kappa shape index (κ2) is 6.57. The van der Waals surface area contributed by atoms with Gasteiger partial charge in [0.2, 0.25) is 0 Å². The van der Waals surface area contributed by atoms with E-state index in [1.807, 2.05) is 13.1 Å². The number of hydrogen-bond donors (Lipinski definition) is 1. The zero-order valence-corrected chi connectivity index (χ0v) is 11.2. The van der Waals surface area contributed by atoms with Crippen molar-refractivity contribution in [3.8, 4) is 0 Å². The van der Waals surface area contributed by atoms with E-state index in [0.717, 1.165) is 17.8 Å². The zero-order chi connectivity index (χ0) is 12.8. The molecular formula is C13H23N3O. The highest BCUT2D eigenvalue weighted by atomic mass is 16.5. The highest BCUT2D eigenvalue weighted by Gasteiger charge is 2.14. The number of nitrogens with two attached hydrogens (primary N) is 1. The molecule has 0 radical (unpaired) electrons. The molecule has 0 amide bonds. The normalized spacial score (nSPS) is 10.9. The van der Waals surface area contributed by atoms with E-state index < -0.39 is 0 Å². The Morgan fingerprint density at radius 1 is 1.47 bits per heavy atom. The molecule has 0 atom stereocenters. The number of aromatic nitrogens is 1. The minimum Gasteiger partial charge on any atom is -0.383 e. The summed E-state index contributed by atoms with van der Waals surface area (Å²) in [4.78, 5) is 6.60. The van der Waals surface area contributed by atoms with Crippen LogP contribution in [0.3, 0.4) is 0 Å². The molecule has 0 spiro atoms. The molecule has 96 valence electrons. The van der Waals surface area contributed by atoms with E-state index in [4.69, 9.17) is 10.5 Å². The summed E-state index contributed by atoms with van der Waals surface area (Å²) in [7, 11) is 1.72. The first-order valence-corrected chi connectivity index (χ1v) is 6.01. The number of hydrogen-bond acceptors (Lipinski definition) is 4. The quantitative estimate of drug-likeness (QED) is 0.818. The number of aryl methyl sites for hydroxylation is 1. The first-order chi connectivity index (χ1) is 8.10. The van der Waals surface area contributed by atoms with E-state index in [0.29, 0.717) is 19.2 Å². The first-order valence-electron chi connectivity index (χ1n) is 6.01. The Kier molecular flexibility index (Phi) is 5.38. The van der Waals surface area contributed by atoms with Gasteiger partial charge in [0.05, 0.1) is 6.61 Å². The Balaban J connectivity index is 3.02. The van der Waals surface area contributed by atoms with Gasteiger partial charge in [-0.25, -0.2) is 0 Å². The Morgan fingerprint density at radius 3 is 2.71 bits per heavy atom. The summed E-state index contributed by atoms with van der Waals surface area (Å²) in [6, 6.07) is 2.51. The number of rotatable bonds is 6. The maximum Gasteiger partial charge on any atom is 0.0637 e. The van der Waals surface area contributed by atoms with Crippen LogP contribution in [0.1, 0.15) is 25.1 Å². The summed E-state index contributed by atoms with van der Waals surface area (Å²) >= 11 is 0. The van der Waals surface area contributed by atoms with Crippen molar-refractivity contribution in [2.75, 3.05) is 25.2 Å². The van der Waals surface area contributed by atoms with Gasteiger partial charge >= 0.3 is 0 Å². The summed E-state index contributed by atoms with van der Waals surface area (Å²) in [5, 5.41) is 0. The molecule has 1 aromatic rings. The fraction of sp³-hybridized carbons (Fsp3) is 0.615. The lowest BCUT2D eigenvalue weighted by molar-refractivity contribution is 0.204. The van der Waals surface area contributed by atoms with E-state index in [2.05, 4.69) is 29.8 Å². The number of methoxy groups -OCH3 is 1. The largest absolute Gasteiger partial charge is 0.383 e. The summed E-state index contributed by atoms with van der Waals surface area (Å²) in [6.45, 7) is 8.43. The molecule has 0 fully saturated rings. The number of anilines is 1. The fourth-order valence-corrected chi connectivity index (χ4v) is 1.84. The van der Waals surface area contributed by atoms with Crippen LogP contribution < -0.4 is 10.6 Å². The van der Waals surface area contributed by atoms with Gasteiger partial charge in [0, 0.05) is 49.4 Å². The Hall–Kier alpha value is -1.13. The number of ether oxygens (including phenoxy) is 1. The molecule has 4 heteroatoms. The van der Waals surface area contributed by atoms with E-state index in [1.54, 1.807) is 7.11 Å². The van der Waals surface area contributed by atoms with E-state index >= 15 is 0 Å². The lowest BCUT2D eigenvalue weighted by atomic mass is 10.1. The topological polar surface area (TPSA) is 51.4 Å². The Morgan fingerprint density at radius 2 is 2.18 bits per heavy atom. The van der Waals surface area contributed by atoms with Gasteiger partial charge in [-0.3, -0.25) is 4.98 Å². The van der Waals surface area contributed by atoms with Crippen LogP contribution in [0.5, 0.6) is 0 Å². The van der Waals surface area contributed by atoms with Crippen LogP contribution in [0.25, 0.3) is 0 Å². The third kappa shape index (κ3) is 3.68. The van der Waals surface area contributed by atoms with Gasteiger partial charge in [0.25, 0.3) is 0 Å². The molecule has 0 bridgehead atoms. The molecule has 0 saturated carbocycles. The third-order valence-electron chi connectivity index (χ3n) is 2.79. The van der Waals surface area contributed by atoms with Gasteiger partial charge in [-0.1, -0.05) is 0 Å². The Labute approximate surface area is 104 Å². The van der Waals surface area contributed by atoms with Crippen LogP contribution in [0.2, 0.25) is 0 Å². The van der Waals surface area contributed by atoms with Gasteiger partial charge in [-0.15, -0.1) is 0 Å². The molecular weight excluding hydrogens is 214 g/mol. The molecule has 0 aliphatic rings. The molecule has 1 heterocycles. The molecule has 0 unspecified atom stereocenters. The predicted octanol–water partition coefficient (Wildman–Crippen LogP) is 1.71. The molecule has 1 rings (SSSR count). The van der Waals surface area contributed by atoms with Crippen LogP contribution in [0.15, 0.2) is 12.3 Å². The van der Waals surface area contributed by atoms with E-state index in [-0.39, 0.29) is 0 Å². The van der Waals surface area contributed by atoms with Gasteiger partial charge in [-0.2, -0.15) is 0 Å². The summed E-state index contributed by atoms with van der Waals surface area (Å²) in [5.41, 5.74) is 9.04. The third-order valence-corrected chi connectivity index (χ3v) is 2.79. The Bertz CT molecular complexity index is 353. The molecule has 0 saturated heterocycles. The van der Waals surface area contributed by atoms with Crippen molar-refractivity contribution >= 4 is 5.69 Å². The van der Waals surface area contributed by atoms with Gasteiger partial charge in [0.1, 0.15) is 0 Å². The van der Waals surface area contributed by atoms with E-state index in [9.17, 15) is 0 Å². The van der Waals surface area contributed by atoms with Crippen LogP contribution >= 0.6 is 0 Å². The van der Waals surface area contributed by atoms with Crippen molar-refractivity contribution in [2.45, 2.75) is 33.4 Å². The predicted molar refractivity (Wildman–Crippen MR) is 71.2 cm³/mol. The van der Waals surface area contributed by atoms with Crippen molar-refractivity contribution in [3.63, 3.8) is 0 Å². The highest BCUT2D eigenvalue weighted by molar-refractivity contribution is 5.54. The standard InChI is InChI=1S/C13H23N3O/c1-10(2)16(5-6-17-4)13-7-11(3)15-9-12(13)8-14/h7,9-10H,5-6,8,14H2,1-4H3. The van der Waals surface area contributed by atoms with Crippen molar-refractivity contribution in [1.29, 1.82) is 0 Å². The summed E-state index contributed by atoms with van der Waals surface area (Å²) in [6.07, 6.45) is 1.87. The van der Waals surface area contributed by atoms with Crippen molar-refractivity contribution < 1.29 is 4.74 Å². The summed E-state index contributed by atoms with van der Waals surface area (Å²) in [5.74, 6) is 0. The second-order valence-electron chi connectivity index (χ2n) is 4.44. The van der Waals surface area contributed by atoms with Crippen molar-refractivity contribution in [3.05, 3.63) is 23.5 Å². The molecule has 2 N–H and O–H groups in total. The fourth-order valence-electron chi connectivity index (χ4n) is 1.84. The average Bonchev–Trinajstić information content (AvgIpc) is 2.29. The van der Waals surface area contributed by atoms with Crippen molar-refractivity contribution in [2.24, 2.45) is 5.73 Å². The minimum atomic E-state index is 0.414. The zero-order valence-electron chi connectivity index (χ0n) is 11.2. The maximum absolute atomic E-state index is 5.77. The molecule has 17 heavy (non-hydrogen) atoms. The number of nitrogens with zero attached hydrogens (tertiary/aromatic N) is 2. The van der Waals surface area contributed by atoms with Crippen LogP contribution in [-0.2, 0) is 11.3 Å². The second-order valence-corrected chi connectivity index (χ2v) is 4.44. The number of pyridine rings is 1. The average molecular weight is 237 g/mol. The maximum atomic E-state index is 5.77. The monoisotopic (exact) mass is 237 g/mol. The molecule has 4 nitrogen and oxygen atoms in total. The molecule has 0 aromatic carbocycles.